The second-order valence-electron chi connectivity index (χ2n) is 5.43. The van der Waals surface area contributed by atoms with Gasteiger partial charge in [-0.2, -0.15) is 0 Å². The number of aliphatic carboxylic acids is 1. The van der Waals surface area contributed by atoms with Crippen molar-refractivity contribution < 1.29 is 24.0 Å². The summed E-state index contributed by atoms with van der Waals surface area (Å²) >= 11 is 0. The number of nitro groups is 1. The summed E-state index contributed by atoms with van der Waals surface area (Å²) in [5.74, 6) is -1.10. The van der Waals surface area contributed by atoms with Crippen molar-refractivity contribution in [1.82, 2.24) is 0 Å². The maximum Gasteiger partial charge on any atom is 0.359 e. The minimum absolute atomic E-state index is 0.00593. The van der Waals surface area contributed by atoms with Crippen molar-refractivity contribution >= 4 is 22.6 Å². The normalized spacial score (nSPS) is 10.7. The zero-order chi connectivity index (χ0) is 18.8. The number of fused-ring (bicyclic) bond motifs is 1. The van der Waals surface area contributed by atoms with Crippen LogP contribution in [-0.2, 0) is 11.2 Å². The molecular formula is C18H13NO7. The molecule has 0 aliphatic rings. The Morgan fingerprint density at radius 1 is 1.23 bits per heavy atom. The van der Waals surface area contributed by atoms with Gasteiger partial charge in [0.1, 0.15) is 11.3 Å². The highest BCUT2D eigenvalue weighted by atomic mass is 16.6. The van der Waals surface area contributed by atoms with Gasteiger partial charge in [-0.1, -0.05) is 24.3 Å². The van der Waals surface area contributed by atoms with Crippen LogP contribution >= 0.6 is 0 Å². The molecule has 2 aromatic carbocycles. The van der Waals surface area contributed by atoms with Crippen LogP contribution in [0.25, 0.3) is 22.3 Å². The van der Waals surface area contributed by atoms with Gasteiger partial charge in [-0.05, 0) is 18.2 Å². The first kappa shape index (κ1) is 17.2. The number of rotatable bonds is 5. The van der Waals surface area contributed by atoms with E-state index in [0.29, 0.717) is 0 Å². The monoisotopic (exact) mass is 355 g/mol. The molecule has 1 aromatic heterocycles. The van der Waals surface area contributed by atoms with E-state index in [4.69, 9.17) is 14.3 Å². The first-order valence-corrected chi connectivity index (χ1v) is 7.52. The van der Waals surface area contributed by atoms with E-state index in [0.717, 1.165) is 0 Å². The summed E-state index contributed by atoms with van der Waals surface area (Å²) in [4.78, 5) is 34.5. The van der Waals surface area contributed by atoms with Crippen molar-refractivity contribution in [2.45, 2.75) is 6.42 Å². The fourth-order valence-corrected chi connectivity index (χ4v) is 2.75. The molecule has 0 saturated carbocycles. The van der Waals surface area contributed by atoms with Crippen LogP contribution in [0, 0.1) is 10.1 Å². The molecule has 8 nitrogen and oxygen atoms in total. The summed E-state index contributed by atoms with van der Waals surface area (Å²) in [7, 11) is 1.39. The third-order valence-electron chi connectivity index (χ3n) is 3.85. The largest absolute Gasteiger partial charge is 0.496 e. The number of nitrogens with zero attached hydrogens (tertiary/aromatic N) is 1. The van der Waals surface area contributed by atoms with E-state index in [2.05, 4.69) is 0 Å². The van der Waals surface area contributed by atoms with Crippen molar-refractivity contribution in [3.63, 3.8) is 0 Å². The molecule has 0 spiro atoms. The van der Waals surface area contributed by atoms with Crippen LogP contribution in [0.1, 0.15) is 5.56 Å². The van der Waals surface area contributed by atoms with E-state index in [1.807, 2.05) is 0 Å². The first-order chi connectivity index (χ1) is 12.4. The van der Waals surface area contributed by atoms with Crippen LogP contribution in [0.3, 0.4) is 0 Å². The maximum atomic E-state index is 12.7. The zero-order valence-corrected chi connectivity index (χ0v) is 13.6. The lowest BCUT2D eigenvalue weighted by Gasteiger charge is -2.10. The average Bonchev–Trinajstić information content (AvgIpc) is 2.61. The molecule has 0 atom stereocenters. The number of benzene rings is 2. The van der Waals surface area contributed by atoms with E-state index < -0.39 is 22.0 Å². The van der Waals surface area contributed by atoms with E-state index in [9.17, 15) is 19.7 Å². The molecule has 132 valence electrons. The van der Waals surface area contributed by atoms with Gasteiger partial charge >= 0.3 is 11.7 Å². The lowest BCUT2D eigenvalue weighted by atomic mass is 10.0. The van der Waals surface area contributed by atoms with Gasteiger partial charge in [0.15, 0.2) is 0 Å². The standard InChI is InChI=1S/C18H13NO7/c1-25-13-8-3-2-6-11(13)18-15(19(23)24)16(22)12-7-4-5-10(9-14(20)21)17(12)26-18/h2-8H,9H2,1H3,(H,20,21). The van der Waals surface area contributed by atoms with Gasteiger partial charge in [-0.3, -0.25) is 19.7 Å². The Bertz CT molecular complexity index is 1080. The average molecular weight is 355 g/mol. The Balaban J connectivity index is 2.44. The molecule has 0 unspecified atom stereocenters. The smallest absolute Gasteiger partial charge is 0.359 e. The van der Waals surface area contributed by atoms with Crippen molar-refractivity contribution in [2.24, 2.45) is 0 Å². The number of carboxylic acid groups (broad SMARTS) is 1. The summed E-state index contributed by atoms with van der Waals surface area (Å²) in [5, 5.41) is 20.5. The number of hydrogen-bond donors (Lipinski definition) is 1. The molecule has 3 rings (SSSR count). The van der Waals surface area contributed by atoms with Crippen molar-refractivity contribution in [2.75, 3.05) is 7.11 Å². The van der Waals surface area contributed by atoms with E-state index >= 15 is 0 Å². The SMILES string of the molecule is COc1ccccc1-c1oc2c(CC(=O)O)cccc2c(=O)c1[N+](=O)[O-]. The highest BCUT2D eigenvalue weighted by Crippen LogP contribution is 2.36. The molecule has 26 heavy (non-hydrogen) atoms. The van der Waals surface area contributed by atoms with Crippen LogP contribution < -0.4 is 10.2 Å². The molecule has 0 fully saturated rings. The van der Waals surface area contributed by atoms with E-state index in [1.165, 1.54) is 31.4 Å². The molecule has 0 bridgehead atoms. The number of methoxy groups -OCH3 is 1. The Morgan fingerprint density at radius 3 is 2.62 bits per heavy atom. The van der Waals surface area contributed by atoms with Gasteiger partial charge in [0.05, 0.1) is 29.4 Å². The fraction of sp³-hybridized carbons (Fsp3) is 0.111. The Labute approximate surface area is 146 Å². The number of hydrogen-bond acceptors (Lipinski definition) is 6. The predicted molar refractivity (Wildman–Crippen MR) is 92.5 cm³/mol. The van der Waals surface area contributed by atoms with Crippen LogP contribution in [0.15, 0.2) is 51.7 Å². The zero-order valence-electron chi connectivity index (χ0n) is 13.6. The van der Waals surface area contributed by atoms with Gasteiger partial charge < -0.3 is 14.3 Å². The van der Waals surface area contributed by atoms with Crippen LogP contribution in [-0.4, -0.2) is 23.1 Å². The lowest BCUT2D eigenvalue weighted by Crippen LogP contribution is -2.12. The van der Waals surface area contributed by atoms with Crippen molar-refractivity contribution in [1.29, 1.82) is 0 Å². The van der Waals surface area contributed by atoms with Gasteiger partial charge in [0, 0.05) is 5.56 Å². The van der Waals surface area contributed by atoms with Gasteiger partial charge in [-0.25, -0.2) is 0 Å². The number of carboxylic acids is 1. The van der Waals surface area contributed by atoms with Gasteiger partial charge in [-0.15, -0.1) is 0 Å². The summed E-state index contributed by atoms with van der Waals surface area (Å²) < 4.78 is 10.9. The minimum Gasteiger partial charge on any atom is -0.496 e. The number of carbonyl (C=O) groups is 1. The molecule has 1 N–H and O–H groups in total. The second kappa shape index (κ2) is 6.67. The quantitative estimate of drug-likeness (QED) is 0.552. The molecular weight excluding hydrogens is 342 g/mol. The second-order valence-corrected chi connectivity index (χ2v) is 5.43. The highest BCUT2D eigenvalue weighted by molar-refractivity contribution is 5.88. The Kier molecular flexibility index (Phi) is 4.40. The minimum atomic E-state index is -1.11. The van der Waals surface area contributed by atoms with Crippen LogP contribution in [0.4, 0.5) is 5.69 Å². The van der Waals surface area contributed by atoms with E-state index in [-0.39, 0.29) is 40.0 Å². The van der Waals surface area contributed by atoms with Crippen molar-refractivity contribution in [3.05, 3.63) is 68.4 Å². The summed E-state index contributed by atoms with van der Waals surface area (Å²) in [6.07, 6.45) is -0.385. The number of ether oxygens (including phenoxy) is 1. The molecule has 0 aliphatic carbocycles. The van der Waals surface area contributed by atoms with E-state index in [1.54, 1.807) is 18.2 Å². The lowest BCUT2D eigenvalue weighted by molar-refractivity contribution is -0.386. The Hall–Kier alpha value is -3.68. The highest BCUT2D eigenvalue weighted by Gasteiger charge is 2.28. The Morgan fingerprint density at radius 2 is 1.96 bits per heavy atom. The topological polar surface area (TPSA) is 120 Å². The molecule has 8 heteroatoms. The maximum absolute atomic E-state index is 12.7. The molecule has 1 heterocycles. The van der Waals surface area contributed by atoms with Crippen LogP contribution in [0.5, 0.6) is 5.75 Å². The molecule has 0 saturated heterocycles. The summed E-state index contributed by atoms with van der Waals surface area (Å²) in [6.45, 7) is 0. The first-order valence-electron chi connectivity index (χ1n) is 7.52. The molecule has 0 aliphatic heterocycles. The molecule has 0 radical (unpaired) electrons. The fourth-order valence-electron chi connectivity index (χ4n) is 2.75. The van der Waals surface area contributed by atoms with Crippen molar-refractivity contribution in [3.8, 4) is 17.1 Å². The summed E-state index contributed by atoms with van der Waals surface area (Å²) in [6, 6.07) is 10.7. The molecule has 3 aromatic rings. The predicted octanol–water partition coefficient (Wildman–Crippen LogP) is 3.00. The molecule has 0 amide bonds. The van der Waals surface area contributed by atoms with Gasteiger partial charge in [0.2, 0.25) is 5.76 Å². The third kappa shape index (κ3) is 2.88. The third-order valence-corrected chi connectivity index (χ3v) is 3.85. The number of para-hydroxylation sites is 2. The summed E-state index contributed by atoms with van der Waals surface area (Å²) in [5.41, 5.74) is -1.09. The van der Waals surface area contributed by atoms with Crippen LogP contribution in [0.2, 0.25) is 0 Å². The van der Waals surface area contributed by atoms with Gasteiger partial charge in [0.25, 0.3) is 5.43 Å².